The molecule has 0 saturated heterocycles. The third kappa shape index (κ3) is 5.04. The lowest BCUT2D eigenvalue weighted by Gasteiger charge is -2.09. The molecule has 1 aliphatic rings. The smallest absolute Gasteiger partial charge is 0.319 e. The topological polar surface area (TPSA) is 122 Å². The van der Waals surface area contributed by atoms with Gasteiger partial charge in [0, 0.05) is 31.0 Å². The van der Waals surface area contributed by atoms with Gasteiger partial charge in [-0.15, -0.1) is 10.2 Å². The molecular weight excluding hydrogens is 386 g/mol. The molecule has 30 heavy (non-hydrogen) atoms. The van der Waals surface area contributed by atoms with Crippen LogP contribution in [0.3, 0.4) is 0 Å². The number of anilines is 4. The van der Waals surface area contributed by atoms with Crippen molar-refractivity contribution in [3.63, 3.8) is 0 Å². The summed E-state index contributed by atoms with van der Waals surface area (Å²) in [7, 11) is 0. The number of carbonyl (C=O) groups excluding carboxylic acids is 1. The molecule has 0 fully saturated rings. The number of aromatic nitrogens is 3. The lowest BCUT2D eigenvalue weighted by Crippen LogP contribution is -2.32. The number of benzene rings is 1. The van der Waals surface area contributed by atoms with Crippen LogP contribution in [0.4, 0.5) is 27.9 Å². The maximum Gasteiger partial charge on any atom is 0.319 e. The van der Waals surface area contributed by atoms with Crippen LogP contribution in [-0.2, 0) is 0 Å². The Morgan fingerprint density at radius 2 is 1.80 bits per heavy atom. The third-order valence-electron chi connectivity index (χ3n) is 4.18. The van der Waals surface area contributed by atoms with Gasteiger partial charge in [0.15, 0.2) is 17.3 Å². The van der Waals surface area contributed by atoms with E-state index in [1.165, 1.54) is 0 Å². The first-order valence-electron chi connectivity index (χ1n) is 9.37. The Labute approximate surface area is 173 Å². The maximum atomic E-state index is 12.0. The van der Waals surface area contributed by atoms with Crippen LogP contribution in [0.2, 0.25) is 0 Å². The Morgan fingerprint density at radius 3 is 2.63 bits per heavy atom. The Hall–Kier alpha value is -4.08. The number of hydrogen-bond donors (Lipinski definition) is 4. The van der Waals surface area contributed by atoms with Gasteiger partial charge in [-0.1, -0.05) is 0 Å². The van der Waals surface area contributed by atoms with E-state index in [0.29, 0.717) is 47.7 Å². The minimum Gasteiger partial charge on any atom is -0.454 e. The molecule has 3 heterocycles. The van der Waals surface area contributed by atoms with E-state index in [2.05, 4.69) is 36.4 Å². The molecule has 0 aliphatic carbocycles. The van der Waals surface area contributed by atoms with Crippen LogP contribution in [0.1, 0.15) is 5.56 Å². The molecule has 4 N–H and O–H groups in total. The van der Waals surface area contributed by atoms with Gasteiger partial charge in [-0.05, 0) is 48.9 Å². The third-order valence-corrected chi connectivity index (χ3v) is 4.18. The molecule has 4 rings (SSSR count). The van der Waals surface area contributed by atoms with Crippen molar-refractivity contribution in [2.75, 3.05) is 35.8 Å². The average Bonchev–Trinajstić information content (AvgIpc) is 3.20. The van der Waals surface area contributed by atoms with E-state index in [4.69, 9.17) is 9.47 Å². The first-order valence-corrected chi connectivity index (χ1v) is 9.37. The van der Waals surface area contributed by atoms with Crippen molar-refractivity contribution in [1.82, 2.24) is 20.5 Å². The van der Waals surface area contributed by atoms with Crippen LogP contribution in [0, 0.1) is 6.92 Å². The standard InChI is InChI=1S/C20H21N7O3/c1-13-6-7-21-19(10-13)25-18-5-4-17(26-27-18)22-8-9-23-20(28)24-14-2-3-15-16(11-14)30-12-29-15/h2-7,10-11H,8-9,12H2,1H3,(H,22,26)(H,21,25,27)(H2,23,24,28). The van der Waals surface area contributed by atoms with Crippen molar-refractivity contribution in [3.05, 3.63) is 54.2 Å². The molecule has 0 radical (unpaired) electrons. The van der Waals surface area contributed by atoms with E-state index < -0.39 is 0 Å². The van der Waals surface area contributed by atoms with Crippen LogP contribution in [-0.4, -0.2) is 41.1 Å². The fourth-order valence-electron chi connectivity index (χ4n) is 2.75. The SMILES string of the molecule is Cc1ccnc(Nc2ccc(NCCNC(=O)Nc3ccc4c(c3)OCO4)nn2)c1. The normalized spacial score (nSPS) is 11.6. The predicted molar refractivity (Wildman–Crippen MR) is 112 cm³/mol. The summed E-state index contributed by atoms with van der Waals surface area (Å²) in [5, 5.41) is 19.9. The fraction of sp³-hybridized carbons (Fsp3) is 0.200. The molecule has 10 nitrogen and oxygen atoms in total. The molecular formula is C20H21N7O3. The van der Waals surface area contributed by atoms with Crippen LogP contribution in [0.25, 0.3) is 0 Å². The van der Waals surface area contributed by atoms with Crippen molar-refractivity contribution < 1.29 is 14.3 Å². The lowest BCUT2D eigenvalue weighted by atomic mass is 10.3. The summed E-state index contributed by atoms with van der Waals surface area (Å²) < 4.78 is 10.5. The Bertz CT molecular complexity index is 1030. The minimum absolute atomic E-state index is 0.194. The number of fused-ring (bicyclic) bond motifs is 1. The minimum atomic E-state index is -0.313. The summed E-state index contributed by atoms with van der Waals surface area (Å²) in [5.74, 6) is 3.20. The molecule has 1 aliphatic heterocycles. The number of urea groups is 1. The van der Waals surface area contributed by atoms with Gasteiger partial charge in [0.1, 0.15) is 11.6 Å². The summed E-state index contributed by atoms with van der Waals surface area (Å²) >= 11 is 0. The van der Waals surface area contributed by atoms with Gasteiger partial charge in [-0.3, -0.25) is 0 Å². The van der Waals surface area contributed by atoms with Crippen molar-refractivity contribution in [2.24, 2.45) is 0 Å². The number of ether oxygens (including phenoxy) is 2. The second-order valence-electron chi connectivity index (χ2n) is 6.52. The quantitative estimate of drug-likeness (QED) is 0.441. The zero-order valence-electron chi connectivity index (χ0n) is 16.3. The van der Waals surface area contributed by atoms with Crippen LogP contribution in [0.5, 0.6) is 11.5 Å². The Kier molecular flexibility index (Phi) is 5.74. The van der Waals surface area contributed by atoms with Gasteiger partial charge in [0.25, 0.3) is 0 Å². The zero-order valence-corrected chi connectivity index (χ0v) is 16.3. The van der Waals surface area contributed by atoms with Gasteiger partial charge in [-0.25, -0.2) is 9.78 Å². The Morgan fingerprint density at radius 1 is 0.967 bits per heavy atom. The first kappa shape index (κ1) is 19.2. The van der Waals surface area contributed by atoms with Gasteiger partial charge in [0.05, 0.1) is 0 Å². The zero-order chi connectivity index (χ0) is 20.8. The number of amides is 2. The summed E-state index contributed by atoms with van der Waals surface area (Å²) in [6, 6.07) is 12.4. The number of pyridine rings is 1. The second kappa shape index (κ2) is 8.95. The van der Waals surface area contributed by atoms with E-state index in [1.807, 2.05) is 19.1 Å². The molecule has 154 valence electrons. The number of nitrogens with zero attached hydrogens (tertiary/aromatic N) is 3. The van der Waals surface area contributed by atoms with Crippen LogP contribution >= 0.6 is 0 Å². The highest BCUT2D eigenvalue weighted by Crippen LogP contribution is 2.34. The molecule has 2 aromatic heterocycles. The average molecular weight is 407 g/mol. The fourth-order valence-corrected chi connectivity index (χ4v) is 2.75. The largest absolute Gasteiger partial charge is 0.454 e. The molecule has 3 aromatic rings. The van der Waals surface area contributed by atoms with E-state index in [1.54, 1.807) is 36.5 Å². The summed E-state index contributed by atoms with van der Waals surface area (Å²) in [6.45, 7) is 3.09. The summed E-state index contributed by atoms with van der Waals surface area (Å²) in [4.78, 5) is 16.2. The highest BCUT2D eigenvalue weighted by molar-refractivity contribution is 5.89. The lowest BCUT2D eigenvalue weighted by molar-refractivity contribution is 0.174. The van der Waals surface area contributed by atoms with Gasteiger partial charge in [-0.2, -0.15) is 0 Å². The van der Waals surface area contributed by atoms with Crippen molar-refractivity contribution in [3.8, 4) is 11.5 Å². The predicted octanol–water partition coefficient (Wildman–Crippen LogP) is 2.89. The summed E-state index contributed by atoms with van der Waals surface area (Å²) in [5.41, 5.74) is 1.73. The number of aryl methyl sites for hydroxylation is 1. The highest BCUT2D eigenvalue weighted by atomic mass is 16.7. The monoisotopic (exact) mass is 407 g/mol. The van der Waals surface area contributed by atoms with Gasteiger partial charge < -0.3 is 30.7 Å². The van der Waals surface area contributed by atoms with Gasteiger partial charge in [0.2, 0.25) is 6.79 Å². The molecule has 0 saturated carbocycles. The molecule has 1 aromatic carbocycles. The highest BCUT2D eigenvalue weighted by Gasteiger charge is 2.13. The van der Waals surface area contributed by atoms with E-state index in [9.17, 15) is 4.79 Å². The second-order valence-corrected chi connectivity index (χ2v) is 6.52. The molecule has 0 atom stereocenters. The molecule has 0 bridgehead atoms. The number of rotatable bonds is 7. The van der Waals surface area contributed by atoms with E-state index >= 15 is 0 Å². The molecule has 2 amide bonds. The van der Waals surface area contributed by atoms with Crippen LogP contribution in [0.15, 0.2) is 48.7 Å². The van der Waals surface area contributed by atoms with E-state index in [-0.39, 0.29) is 12.8 Å². The number of hydrogen-bond acceptors (Lipinski definition) is 8. The van der Waals surface area contributed by atoms with Crippen molar-refractivity contribution in [1.29, 1.82) is 0 Å². The van der Waals surface area contributed by atoms with Crippen molar-refractivity contribution in [2.45, 2.75) is 6.92 Å². The molecule has 0 unspecified atom stereocenters. The Balaban J connectivity index is 1.18. The van der Waals surface area contributed by atoms with Crippen LogP contribution < -0.4 is 30.7 Å². The first-order chi connectivity index (χ1) is 14.7. The van der Waals surface area contributed by atoms with Gasteiger partial charge >= 0.3 is 6.03 Å². The van der Waals surface area contributed by atoms with Crippen molar-refractivity contribution >= 4 is 29.2 Å². The number of nitrogens with one attached hydrogen (secondary N) is 4. The summed E-state index contributed by atoms with van der Waals surface area (Å²) in [6.07, 6.45) is 1.73. The van der Waals surface area contributed by atoms with E-state index in [0.717, 1.165) is 5.56 Å². The maximum absolute atomic E-state index is 12.0. The molecule has 10 heteroatoms. The molecule has 0 spiro atoms. The number of carbonyl (C=O) groups is 1.